The molecule has 0 saturated carbocycles. The van der Waals surface area contributed by atoms with E-state index in [1.54, 1.807) is 0 Å². The van der Waals surface area contributed by atoms with Crippen LogP contribution in [0.3, 0.4) is 0 Å². The van der Waals surface area contributed by atoms with Crippen LogP contribution < -0.4 is 15.2 Å². The van der Waals surface area contributed by atoms with Crippen LogP contribution in [0, 0.1) is 0 Å². The van der Waals surface area contributed by atoms with E-state index in [1.165, 1.54) is 5.56 Å². The lowest BCUT2D eigenvalue weighted by atomic mass is 9.99. The zero-order valence-electron chi connectivity index (χ0n) is 11.7. The summed E-state index contributed by atoms with van der Waals surface area (Å²) >= 11 is 3.60. The van der Waals surface area contributed by atoms with Crippen LogP contribution in [0.1, 0.15) is 23.6 Å². The highest BCUT2D eigenvalue weighted by Crippen LogP contribution is 2.37. The Balaban J connectivity index is 1.86. The Morgan fingerprint density at radius 3 is 2.43 bits per heavy atom. The van der Waals surface area contributed by atoms with Gasteiger partial charge in [0.25, 0.3) is 0 Å². The molecule has 110 valence electrons. The van der Waals surface area contributed by atoms with Crippen LogP contribution in [0.5, 0.6) is 11.5 Å². The molecule has 1 unspecified atom stereocenters. The fourth-order valence-corrected chi connectivity index (χ4v) is 3.08. The third kappa shape index (κ3) is 3.39. The number of hydrogen-bond donors (Lipinski definition) is 1. The molecule has 3 nitrogen and oxygen atoms in total. The molecule has 1 heterocycles. The summed E-state index contributed by atoms with van der Waals surface area (Å²) < 4.78 is 12.4. The van der Waals surface area contributed by atoms with Gasteiger partial charge in [0, 0.05) is 16.9 Å². The molecule has 3 rings (SSSR count). The summed E-state index contributed by atoms with van der Waals surface area (Å²) in [5, 5.41) is 0. The third-order valence-corrected chi connectivity index (χ3v) is 4.25. The summed E-state index contributed by atoms with van der Waals surface area (Å²) in [5.74, 6) is 1.57. The highest BCUT2D eigenvalue weighted by Gasteiger charge is 2.17. The maximum absolute atomic E-state index is 6.37. The third-order valence-electron chi connectivity index (χ3n) is 3.56. The Hall–Kier alpha value is -1.52. The van der Waals surface area contributed by atoms with Crippen molar-refractivity contribution >= 4 is 15.9 Å². The SMILES string of the molecule is NC(Cc1ccccc1)c1cc2c(cc1Br)OCCCO2. The average Bonchev–Trinajstić information content (AvgIpc) is 2.72. The Labute approximate surface area is 133 Å². The van der Waals surface area contributed by atoms with Crippen molar-refractivity contribution in [2.24, 2.45) is 5.73 Å². The van der Waals surface area contributed by atoms with Crippen LogP contribution in [-0.4, -0.2) is 13.2 Å². The molecule has 2 N–H and O–H groups in total. The molecule has 0 aliphatic carbocycles. The molecule has 0 spiro atoms. The van der Waals surface area contributed by atoms with E-state index in [0.717, 1.165) is 34.4 Å². The summed E-state index contributed by atoms with van der Waals surface area (Å²) in [4.78, 5) is 0. The largest absolute Gasteiger partial charge is 0.490 e. The Morgan fingerprint density at radius 2 is 1.71 bits per heavy atom. The minimum atomic E-state index is -0.0843. The first-order valence-corrected chi connectivity index (χ1v) is 7.92. The normalized spacial score (nSPS) is 15.3. The second-order valence-corrected chi connectivity index (χ2v) is 6.02. The molecule has 1 aliphatic heterocycles. The Bertz CT molecular complexity index is 616. The smallest absolute Gasteiger partial charge is 0.162 e. The molecule has 1 atom stereocenters. The monoisotopic (exact) mass is 347 g/mol. The first-order chi connectivity index (χ1) is 10.2. The molecule has 0 saturated heterocycles. The van der Waals surface area contributed by atoms with Crippen LogP contribution in [0.4, 0.5) is 0 Å². The van der Waals surface area contributed by atoms with Gasteiger partial charge < -0.3 is 15.2 Å². The Kier molecular flexibility index (Phi) is 4.46. The number of nitrogens with two attached hydrogens (primary N) is 1. The molecular weight excluding hydrogens is 330 g/mol. The predicted molar refractivity (Wildman–Crippen MR) is 86.8 cm³/mol. The minimum absolute atomic E-state index is 0.0843. The molecule has 2 aromatic rings. The predicted octanol–water partition coefficient (Wildman–Crippen LogP) is 3.85. The van der Waals surface area contributed by atoms with Crippen molar-refractivity contribution in [3.05, 3.63) is 58.1 Å². The topological polar surface area (TPSA) is 44.5 Å². The fourth-order valence-electron chi connectivity index (χ4n) is 2.46. The van der Waals surface area contributed by atoms with E-state index < -0.39 is 0 Å². The van der Waals surface area contributed by atoms with E-state index in [9.17, 15) is 0 Å². The van der Waals surface area contributed by atoms with E-state index in [4.69, 9.17) is 15.2 Å². The van der Waals surface area contributed by atoms with E-state index in [-0.39, 0.29) is 6.04 Å². The molecule has 1 aliphatic rings. The van der Waals surface area contributed by atoms with Gasteiger partial charge in [-0.2, -0.15) is 0 Å². The van der Waals surface area contributed by atoms with Gasteiger partial charge in [-0.05, 0) is 29.7 Å². The molecular formula is C17H18BrNO2. The van der Waals surface area contributed by atoms with Crippen LogP contribution in [0.2, 0.25) is 0 Å². The van der Waals surface area contributed by atoms with Gasteiger partial charge in [-0.25, -0.2) is 0 Å². The number of rotatable bonds is 3. The van der Waals surface area contributed by atoms with E-state index in [1.807, 2.05) is 30.3 Å². The molecule has 0 radical (unpaired) electrons. The first-order valence-electron chi connectivity index (χ1n) is 7.12. The zero-order chi connectivity index (χ0) is 14.7. The average molecular weight is 348 g/mol. The molecule has 0 aromatic heterocycles. The fraction of sp³-hybridized carbons (Fsp3) is 0.294. The van der Waals surface area contributed by atoms with Gasteiger partial charge >= 0.3 is 0 Å². The van der Waals surface area contributed by atoms with Gasteiger partial charge in [0.1, 0.15) is 0 Å². The zero-order valence-corrected chi connectivity index (χ0v) is 13.3. The summed E-state index contributed by atoms with van der Waals surface area (Å²) in [6.07, 6.45) is 1.69. The van der Waals surface area contributed by atoms with Gasteiger partial charge in [0.2, 0.25) is 0 Å². The number of halogens is 1. The summed E-state index contributed by atoms with van der Waals surface area (Å²) in [7, 11) is 0. The van der Waals surface area contributed by atoms with Crippen molar-refractivity contribution in [3.8, 4) is 11.5 Å². The van der Waals surface area contributed by atoms with Crippen LogP contribution in [0.25, 0.3) is 0 Å². The van der Waals surface area contributed by atoms with Crippen molar-refractivity contribution < 1.29 is 9.47 Å². The van der Waals surface area contributed by atoms with Crippen molar-refractivity contribution in [2.75, 3.05) is 13.2 Å². The van der Waals surface area contributed by atoms with Crippen molar-refractivity contribution in [3.63, 3.8) is 0 Å². The highest BCUT2D eigenvalue weighted by atomic mass is 79.9. The second-order valence-electron chi connectivity index (χ2n) is 5.17. The van der Waals surface area contributed by atoms with E-state index in [0.29, 0.717) is 13.2 Å². The van der Waals surface area contributed by atoms with E-state index in [2.05, 4.69) is 28.1 Å². The maximum Gasteiger partial charge on any atom is 0.162 e. The summed E-state index contributed by atoms with van der Waals surface area (Å²) in [6.45, 7) is 1.37. The standard InChI is InChI=1S/C17H18BrNO2/c18-14-11-17-16(20-7-4-8-21-17)10-13(14)15(19)9-12-5-2-1-3-6-12/h1-3,5-6,10-11,15H,4,7-9,19H2. The maximum atomic E-state index is 6.37. The summed E-state index contributed by atoms with van der Waals surface area (Å²) in [6, 6.07) is 14.1. The van der Waals surface area contributed by atoms with Gasteiger partial charge in [0.05, 0.1) is 13.2 Å². The van der Waals surface area contributed by atoms with Gasteiger partial charge in [0.15, 0.2) is 11.5 Å². The number of ether oxygens (including phenoxy) is 2. The van der Waals surface area contributed by atoms with E-state index >= 15 is 0 Å². The van der Waals surface area contributed by atoms with Gasteiger partial charge in [-0.3, -0.25) is 0 Å². The first kappa shape index (κ1) is 14.4. The van der Waals surface area contributed by atoms with Crippen molar-refractivity contribution in [1.29, 1.82) is 0 Å². The second kappa shape index (κ2) is 6.50. The van der Waals surface area contributed by atoms with Gasteiger partial charge in [-0.15, -0.1) is 0 Å². The molecule has 0 fully saturated rings. The molecule has 0 amide bonds. The van der Waals surface area contributed by atoms with Gasteiger partial charge in [-0.1, -0.05) is 46.3 Å². The van der Waals surface area contributed by atoms with Crippen LogP contribution in [0.15, 0.2) is 46.9 Å². The quantitative estimate of drug-likeness (QED) is 0.916. The molecule has 4 heteroatoms. The number of benzene rings is 2. The molecule has 0 bridgehead atoms. The molecule has 21 heavy (non-hydrogen) atoms. The van der Waals surface area contributed by atoms with Crippen molar-refractivity contribution in [1.82, 2.24) is 0 Å². The lowest BCUT2D eigenvalue weighted by Gasteiger charge is -2.17. The summed E-state index contributed by atoms with van der Waals surface area (Å²) in [5.41, 5.74) is 8.64. The molecule has 2 aromatic carbocycles. The van der Waals surface area contributed by atoms with Crippen molar-refractivity contribution in [2.45, 2.75) is 18.9 Å². The van der Waals surface area contributed by atoms with Crippen LogP contribution >= 0.6 is 15.9 Å². The lowest BCUT2D eigenvalue weighted by Crippen LogP contribution is -2.14. The number of hydrogen-bond acceptors (Lipinski definition) is 3. The van der Waals surface area contributed by atoms with Crippen LogP contribution in [-0.2, 0) is 6.42 Å². The highest BCUT2D eigenvalue weighted by molar-refractivity contribution is 9.10. The lowest BCUT2D eigenvalue weighted by molar-refractivity contribution is 0.297. The Morgan fingerprint density at radius 1 is 1.05 bits per heavy atom. The minimum Gasteiger partial charge on any atom is -0.490 e. The number of fused-ring (bicyclic) bond motifs is 1.